The number of halogens is 2. The first-order valence-corrected chi connectivity index (χ1v) is 6.36. The van der Waals surface area contributed by atoms with Gasteiger partial charge in [-0.25, -0.2) is 4.39 Å². The predicted molar refractivity (Wildman–Crippen MR) is 77.6 cm³/mol. The molecule has 0 radical (unpaired) electrons. The molecule has 2 aromatic carbocycles. The van der Waals surface area contributed by atoms with Crippen molar-refractivity contribution in [2.24, 2.45) is 0 Å². The highest BCUT2D eigenvalue weighted by Crippen LogP contribution is 2.20. The van der Waals surface area contributed by atoms with Gasteiger partial charge in [-0.05, 0) is 36.4 Å². The van der Waals surface area contributed by atoms with Gasteiger partial charge in [0, 0.05) is 10.2 Å². The van der Waals surface area contributed by atoms with E-state index in [0.29, 0.717) is 10.2 Å². The van der Waals surface area contributed by atoms with Gasteiger partial charge in [0.25, 0.3) is 5.91 Å². The number of hydrogen-bond donors (Lipinski definition) is 2. The summed E-state index contributed by atoms with van der Waals surface area (Å²) >= 11 is 3.11. The van der Waals surface area contributed by atoms with E-state index in [1.54, 1.807) is 12.1 Å². The molecule has 1 amide bonds. The van der Waals surface area contributed by atoms with Crippen LogP contribution in [0.5, 0.6) is 0 Å². The minimum Gasteiger partial charge on any atom is -0.399 e. The lowest BCUT2D eigenvalue weighted by Gasteiger charge is -2.08. The maximum absolute atomic E-state index is 13.7. The summed E-state index contributed by atoms with van der Waals surface area (Å²) in [7, 11) is 0. The van der Waals surface area contributed by atoms with E-state index in [1.807, 2.05) is 6.07 Å². The van der Waals surface area contributed by atoms with Gasteiger partial charge in [0.1, 0.15) is 11.9 Å². The summed E-state index contributed by atoms with van der Waals surface area (Å²) in [6, 6.07) is 10.5. The Bertz CT molecular complexity index is 725. The molecule has 0 bridgehead atoms. The number of amides is 1. The number of anilines is 2. The van der Waals surface area contributed by atoms with Crippen LogP contribution in [-0.4, -0.2) is 5.91 Å². The number of benzene rings is 2. The number of nitrogens with zero attached hydrogens (tertiary/aromatic N) is 1. The Morgan fingerprint density at radius 3 is 2.70 bits per heavy atom. The van der Waals surface area contributed by atoms with Gasteiger partial charge in [-0.15, -0.1) is 0 Å². The minimum atomic E-state index is -0.647. The number of rotatable bonds is 2. The maximum Gasteiger partial charge on any atom is 0.258 e. The molecule has 100 valence electrons. The van der Waals surface area contributed by atoms with E-state index in [9.17, 15) is 9.18 Å². The Kier molecular flexibility index (Phi) is 4.01. The van der Waals surface area contributed by atoms with E-state index >= 15 is 0 Å². The lowest BCUT2D eigenvalue weighted by Crippen LogP contribution is -2.14. The van der Waals surface area contributed by atoms with Gasteiger partial charge in [0.05, 0.1) is 16.8 Å². The molecule has 0 spiro atoms. The summed E-state index contributed by atoms with van der Waals surface area (Å²) in [5.41, 5.74) is 6.37. The van der Waals surface area contributed by atoms with E-state index in [4.69, 9.17) is 11.0 Å². The van der Waals surface area contributed by atoms with E-state index in [1.165, 1.54) is 24.3 Å². The third-order valence-corrected chi connectivity index (χ3v) is 3.08. The van der Waals surface area contributed by atoms with Crippen molar-refractivity contribution in [3.8, 4) is 6.07 Å². The van der Waals surface area contributed by atoms with Gasteiger partial charge in [-0.2, -0.15) is 5.26 Å². The lowest BCUT2D eigenvalue weighted by molar-refractivity contribution is 0.102. The monoisotopic (exact) mass is 333 g/mol. The zero-order chi connectivity index (χ0) is 14.7. The third kappa shape index (κ3) is 2.95. The normalized spacial score (nSPS) is 9.85. The molecule has 0 aliphatic carbocycles. The van der Waals surface area contributed by atoms with Crippen molar-refractivity contribution < 1.29 is 9.18 Å². The van der Waals surface area contributed by atoms with Crippen LogP contribution in [-0.2, 0) is 0 Å². The molecular weight excluding hydrogens is 325 g/mol. The number of nitriles is 1. The van der Waals surface area contributed by atoms with Crippen LogP contribution in [0.1, 0.15) is 15.9 Å². The molecule has 0 heterocycles. The molecule has 6 heteroatoms. The molecule has 0 fully saturated rings. The molecule has 3 N–H and O–H groups in total. The number of nitrogens with two attached hydrogens (primary N) is 1. The lowest BCUT2D eigenvalue weighted by atomic mass is 10.1. The SMILES string of the molecule is N#Cc1cc(N)ccc1NC(=O)c1ccc(Br)cc1F. The summed E-state index contributed by atoms with van der Waals surface area (Å²) in [5.74, 6) is -1.28. The van der Waals surface area contributed by atoms with Gasteiger partial charge in [-0.3, -0.25) is 4.79 Å². The highest BCUT2D eigenvalue weighted by atomic mass is 79.9. The molecule has 0 aliphatic rings. The number of nitrogens with one attached hydrogen (secondary N) is 1. The van der Waals surface area contributed by atoms with E-state index < -0.39 is 11.7 Å². The molecule has 0 aromatic heterocycles. The second kappa shape index (κ2) is 5.72. The Balaban J connectivity index is 2.31. The van der Waals surface area contributed by atoms with Crippen LogP contribution in [0.4, 0.5) is 15.8 Å². The van der Waals surface area contributed by atoms with Crippen molar-refractivity contribution in [2.45, 2.75) is 0 Å². The molecule has 0 saturated carbocycles. The third-order valence-electron chi connectivity index (χ3n) is 2.59. The summed E-state index contributed by atoms with van der Waals surface area (Å²) in [6.45, 7) is 0. The summed E-state index contributed by atoms with van der Waals surface area (Å²) in [5, 5.41) is 11.5. The first-order chi connectivity index (χ1) is 9.51. The van der Waals surface area contributed by atoms with Crippen LogP contribution in [0, 0.1) is 17.1 Å². The van der Waals surface area contributed by atoms with Crippen LogP contribution in [0.3, 0.4) is 0 Å². The topological polar surface area (TPSA) is 78.9 Å². The number of hydrogen-bond acceptors (Lipinski definition) is 3. The summed E-state index contributed by atoms with van der Waals surface area (Å²) in [4.78, 5) is 12.0. The van der Waals surface area contributed by atoms with Crippen LogP contribution in [0.15, 0.2) is 40.9 Å². The molecular formula is C14H9BrFN3O. The molecule has 0 unspecified atom stereocenters. The standard InChI is InChI=1S/C14H9BrFN3O/c15-9-1-3-11(12(16)6-9)14(20)19-13-4-2-10(18)5-8(13)7-17/h1-6H,18H2,(H,19,20). The van der Waals surface area contributed by atoms with Gasteiger partial charge >= 0.3 is 0 Å². The first-order valence-electron chi connectivity index (χ1n) is 5.57. The van der Waals surface area contributed by atoms with Crippen molar-refractivity contribution in [2.75, 3.05) is 11.1 Å². The van der Waals surface area contributed by atoms with E-state index in [-0.39, 0.29) is 16.8 Å². The van der Waals surface area contributed by atoms with Crippen molar-refractivity contribution in [3.05, 3.63) is 57.8 Å². The molecule has 4 nitrogen and oxygen atoms in total. The predicted octanol–water partition coefficient (Wildman–Crippen LogP) is 3.29. The highest BCUT2D eigenvalue weighted by molar-refractivity contribution is 9.10. The first kappa shape index (κ1) is 14.0. The van der Waals surface area contributed by atoms with Crippen molar-refractivity contribution in [1.29, 1.82) is 5.26 Å². The molecule has 20 heavy (non-hydrogen) atoms. The molecule has 0 atom stereocenters. The van der Waals surface area contributed by atoms with Crippen LogP contribution in [0.25, 0.3) is 0 Å². The van der Waals surface area contributed by atoms with Crippen molar-refractivity contribution in [3.63, 3.8) is 0 Å². The fourth-order valence-electron chi connectivity index (χ4n) is 1.63. The molecule has 0 aliphatic heterocycles. The average molecular weight is 334 g/mol. The maximum atomic E-state index is 13.7. The molecule has 0 saturated heterocycles. The van der Waals surface area contributed by atoms with Crippen LogP contribution in [0.2, 0.25) is 0 Å². The van der Waals surface area contributed by atoms with E-state index in [0.717, 1.165) is 0 Å². The quantitative estimate of drug-likeness (QED) is 0.827. The minimum absolute atomic E-state index is 0.103. The number of carbonyl (C=O) groups is 1. The van der Waals surface area contributed by atoms with Gasteiger partial charge < -0.3 is 11.1 Å². The zero-order valence-electron chi connectivity index (χ0n) is 10.2. The fourth-order valence-corrected chi connectivity index (χ4v) is 1.96. The summed E-state index contributed by atoms with van der Waals surface area (Å²) < 4.78 is 14.2. The van der Waals surface area contributed by atoms with Crippen molar-refractivity contribution in [1.82, 2.24) is 0 Å². The second-order valence-electron chi connectivity index (χ2n) is 4.00. The van der Waals surface area contributed by atoms with Gasteiger partial charge in [-0.1, -0.05) is 15.9 Å². The van der Waals surface area contributed by atoms with E-state index in [2.05, 4.69) is 21.2 Å². The van der Waals surface area contributed by atoms with Gasteiger partial charge in [0.15, 0.2) is 0 Å². The Hall–Kier alpha value is -2.39. The van der Waals surface area contributed by atoms with Crippen molar-refractivity contribution >= 4 is 33.2 Å². The zero-order valence-corrected chi connectivity index (χ0v) is 11.7. The van der Waals surface area contributed by atoms with Crippen LogP contribution < -0.4 is 11.1 Å². The number of carbonyl (C=O) groups excluding carboxylic acids is 1. The Labute approximate surface area is 123 Å². The molecule has 2 rings (SSSR count). The van der Waals surface area contributed by atoms with Crippen LogP contribution >= 0.6 is 15.9 Å². The number of nitrogen functional groups attached to an aromatic ring is 1. The second-order valence-corrected chi connectivity index (χ2v) is 4.91. The Morgan fingerprint density at radius 1 is 1.30 bits per heavy atom. The molecule has 2 aromatic rings. The smallest absolute Gasteiger partial charge is 0.258 e. The highest BCUT2D eigenvalue weighted by Gasteiger charge is 2.14. The summed E-state index contributed by atoms with van der Waals surface area (Å²) in [6.07, 6.45) is 0. The van der Waals surface area contributed by atoms with Gasteiger partial charge in [0.2, 0.25) is 0 Å². The average Bonchev–Trinajstić information content (AvgIpc) is 2.40. The Morgan fingerprint density at radius 2 is 2.05 bits per heavy atom. The largest absolute Gasteiger partial charge is 0.399 e. The fraction of sp³-hybridized carbons (Fsp3) is 0.